The summed E-state index contributed by atoms with van der Waals surface area (Å²) in [4.78, 5) is 2.14. The second-order valence-corrected chi connectivity index (χ2v) is 4.93. The lowest BCUT2D eigenvalue weighted by molar-refractivity contribution is 0.222. The Bertz CT molecular complexity index is 518. The zero-order valence-electron chi connectivity index (χ0n) is 9.56. The first kappa shape index (κ1) is 11.1. The molecule has 0 unspecified atom stereocenters. The van der Waals surface area contributed by atoms with Gasteiger partial charge in [-0.3, -0.25) is 0 Å². The van der Waals surface area contributed by atoms with Crippen molar-refractivity contribution in [3.05, 3.63) is 18.3 Å². The lowest BCUT2D eigenvalue weighted by Crippen LogP contribution is -2.25. The van der Waals surface area contributed by atoms with E-state index < -0.39 is 0 Å². The summed E-state index contributed by atoms with van der Waals surface area (Å²) in [6.45, 7) is 1.68. The Labute approximate surface area is 108 Å². The van der Waals surface area contributed by atoms with Crippen LogP contribution in [0, 0.1) is 0 Å². The highest BCUT2D eigenvalue weighted by Gasteiger charge is 2.26. The summed E-state index contributed by atoms with van der Waals surface area (Å²) in [5.74, 6) is 0.875. The van der Waals surface area contributed by atoms with Crippen LogP contribution in [0.1, 0.15) is 6.42 Å². The van der Waals surface area contributed by atoms with Crippen molar-refractivity contribution in [2.24, 2.45) is 0 Å². The number of hydrogen-bond acceptors (Lipinski definition) is 8. The third kappa shape index (κ3) is 2.33. The lowest BCUT2D eigenvalue weighted by atomic mass is 10.3. The first-order valence-corrected chi connectivity index (χ1v) is 6.41. The van der Waals surface area contributed by atoms with Gasteiger partial charge in [0.1, 0.15) is 6.10 Å². The maximum Gasteiger partial charge on any atom is 0.296 e. The van der Waals surface area contributed by atoms with Crippen LogP contribution in [0.5, 0.6) is 5.19 Å². The Morgan fingerprint density at radius 2 is 2.33 bits per heavy atom. The van der Waals surface area contributed by atoms with Crippen LogP contribution in [0.15, 0.2) is 18.3 Å². The SMILES string of the molecule is Nc1nnc(O[C@@H]2CCN(c3cccnn3)C2)s1. The molecule has 1 atom stereocenters. The van der Waals surface area contributed by atoms with Crippen molar-refractivity contribution in [3.8, 4) is 5.19 Å². The average Bonchev–Trinajstić information content (AvgIpc) is 3.01. The third-order valence-electron chi connectivity index (χ3n) is 2.72. The smallest absolute Gasteiger partial charge is 0.296 e. The Morgan fingerprint density at radius 3 is 3.06 bits per heavy atom. The molecule has 0 saturated carbocycles. The van der Waals surface area contributed by atoms with E-state index >= 15 is 0 Å². The summed E-state index contributed by atoms with van der Waals surface area (Å²) in [6, 6.07) is 3.82. The molecule has 3 heterocycles. The highest BCUT2D eigenvalue weighted by atomic mass is 32.1. The molecule has 3 rings (SSSR count). The highest BCUT2D eigenvalue weighted by molar-refractivity contribution is 7.16. The molecular weight excluding hydrogens is 252 g/mol. The van der Waals surface area contributed by atoms with Crippen LogP contribution >= 0.6 is 11.3 Å². The van der Waals surface area contributed by atoms with Crippen molar-refractivity contribution in [2.75, 3.05) is 23.7 Å². The summed E-state index contributed by atoms with van der Waals surface area (Å²) in [7, 11) is 0. The lowest BCUT2D eigenvalue weighted by Gasteiger charge is -2.16. The van der Waals surface area contributed by atoms with Gasteiger partial charge in [0.15, 0.2) is 5.82 Å². The van der Waals surface area contributed by atoms with E-state index in [4.69, 9.17) is 10.5 Å². The number of ether oxygens (including phenoxy) is 1. The molecule has 18 heavy (non-hydrogen) atoms. The van der Waals surface area contributed by atoms with E-state index in [-0.39, 0.29) is 6.10 Å². The van der Waals surface area contributed by atoms with Crippen LogP contribution in [0.3, 0.4) is 0 Å². The summed E-state index contributed by atoms with van der Waals surface area (Å²) in [5, 5.41) is 16.5. The van der Waals surface area contributed by atoms with Gasteiger partial charge < -0.3 is 15.4 Å². The topological polar surface area (TPSA) is 90.0 Å². The molecule has 0 aromatic carbocycles. The average molecular weight is 264 g/mol. The van der Waals surface area contributed by atoms with Crippen molar-refractivity contribution in [2.45, 2.75) is 12.5 Å². The van der Waals surface area contributed by atoms with Gasteiger partial charge >= 0.3 is 0 Å². The van der Waals surface area contributed by atoms with Gasteiger partial charge in [0, 0.05) is 19.2 Å². The Morgan fingerprint density at radius 1 is 1.39 bits per heavy atom. The Balaban J connectivity index is 1.62. The molecule has 0 radical (unpaired) electrons. The molecular formula is C10H12N6OS. The molecule has 2 aromatic heterocycles. The molecule has 1 saturated heterocycles. The van der Waals surface area contributed by atoms with Crippen molar-refractivity contribution in [3.63, 3.8) is 0 Å². The minimum absolute atomic E-state index is 0.0966. The van der Waals surface area contributed by atoms with E-state index in [0.29, 0.717) is 10.3 Å². The first-order chi connectivity index (χ1) is 8.81. The molecule has 1 aliphatic heterocycles. The normalized spacial score (nSPS) is 19.1. The minimum atomic E-state index is 0.0966. The third-order valence-corrected chi connectivity index (χ3v) is 3.36. The number of anilines is 2. The van der Waals surface area contributed by atoms with E-state index in [1.807, 2.05) is 12.1 Å². The Hall–Kier alpha value is -1.96. The number of rotatable bonds is 3. The van der Waals surface area contributed by atoms with Crippen molar-refractivity contribution < 1.29 is 4.74 Å². The van der Waals surface area contributed by atoms with E-state index in [0.717, 1.165) is 25.3 Å². The summed E-state index contributed by atoms with van der Waals surface area (Å²) in [5.41, 5.74) is 5.51. The number of nitrogens with zero attached hydrogens (tertiary/aromatic N) is 5. The number of nitrogen functional groups attached to an aromatic ring is 1. The van der Waals surface area contributed by atoms with E-state index in [1.165, 1.54) is 11.3 Å². The predicted octanol–water partition coefficient (Wildman–Crippen LogP) is 0.568. The van der Waals surface area contributed by atoms with Gasteiger partial charge in [0.2, 0.25) is 5.13 Å². The van der Waals surface area contributed by atoms with Crippen LogP contribution in [0.2, 0.25) is 0 Å². The van der Waals surface area contributed by atoms with Gasteiger partial charge in [0.25, 0.3) is 5.19 Å². The summed E-state index contributed by atoms with van der Waals surface area (Å²) in [6.07, 6.45) is 2.69. The molecule has 0 spiro atoms. The fourth-order valence-electron chi connectivity index (χ4n) is 1.91. The van der Waals surface area contributed by atoms with Gasteiger partial charge in [-0.15, -0.1) is 10.2 Å². The summed E-state index contributed by atoms with van der Waals surface area (Å²) < 4.78 is 5.72. The van der Waals surface area contributed by atoms with Crippen molar-refractivity contribution in [1.82, 2.24) is 20.4 Å². The maximum atomic E-state index is 5.72. The minimum Gasteiger partial charge on any atom is -0.464 e. The van der Waals surface area contributed by atoms with E-state index in [9.17, 15) is 0 Å². The van der Waals surface area contributed by atoms with Gasteiger partial charge in [-0.2, -0.15) is 5.10 Å². The summed E-state index contributed by atoms with van der Waals surface area (Å²) >= 11 is 1.26. The fourth-order valence-corrected chi connectivity index (χ4v) is 2.43. The standard InChI is InChI=1S/C10H12N6OS/c11-9-14-15-10(18-9)17-7-3-5-16(6-7)8-2-1-4-12-13-8/h1-2,4,7H,3,5-6H2,(H2,11,14)/t7-/m1/s1. The van der Waals surface area contributed by atoms with Crippen LogP contribution in [-0.2, 0) is 0 Å². The highest BCUT2D eigenvalue weighted by Crippen LogP contribution is 2.24. The zero-order valence-corrected chi connectivity index (χ0v) is 10.4. The first-order valence-electron chi connectivity index (χ1n) is 5.59. The largest absolute Gasteiger partial charge is 0.464 e. The number of nitrogens with two attached hydrogens (primary N) is 1. The van der Waals surface area contributed by atoms with Crippen LogP contribution in [0.4, 0.5) is 10.9 Å². The second-order valence-electron chi connectivity index (χ2n) is 3.96. The van der Waals surface area contributed by atoms with Crippen LogP contribution < -0.4 is 15.4 Å². The molecule has 1 fully saturated rings. The van der Waals surface area contributed by atoms with E-state index in [2.05, 4.69) is 25.3 Å². The molecule has 7 nitrogen and oxygen atoms in total. The van der Waals surface area contributed by atoms with Crippen molar-refractivity contribution >= 4 is 22.3 Å². The monoisotopic (exact) mass is 264 g/mol. The molecule has 2 aromatic rings. The molecule has 0 bridgehead atoms. The molecule has 94 valence electrons. The molecule has 0 aliphatic carbocycles. The number of aromatic nitrogens is 4. The van der Waals surface area contributed by atoms with Gasteiger partial charge in [0.05, 0.1) is 6.54 Å². The quantitative estimate of drug-likeness (QED) is 0.866. The molecule has 8 heteroatoms. The van der Waals surface area contributed by atoms with Gasteiger partial charge in [-0.05, 0) is 23.5 Å². The molecule has 0 amide bonds. The maximum absolute atomic E-state index is 5.72. The van der Waals surface area contributed by atoms with Gasteiger partial charge in [-0.25, -0.2) is 0 Å². The zero-order chi connectivity index (χ0) is 12.4. The fraction of sp³-hybridized carbons (Fsp3) is 0.400. The molecule has 1 aliphatic rings. The van der Waals surface area contributed by atoms with Crippen LogP contribution in [0.25, 0.3) is 0 Å². The van der Waals surface area contributed by atoms with Gasteiger partial charge in [-0.1, -0.05) is 5.10 Å². The predicted molar refractivity (Wildman–Crippen MR) is 67.6 cm³/mol. The van der Waals surface area contributed by atoms with E-state index in [1.54, 1.807) is 6.20 Å². The van der Waals surface area contributed by atoms with Crippen LogP contribution in [-0.4, -0.2) is 39.6 Å². The molecule has 2 N–H and O–H groups in total. The second kappa shape index (κ2) is 4.73. The van der Waals surface area contributed by atoms with Crippen molar-refractivity contribution in [1.29, 1.82) is 0 Å². The Kier molecular flexibility index (Phi) is 2.93. The number of hydrogen-bond donors (Lipinski definition) is 1.